The van der Waals surface area contributed by atoms with Crippen molar-refractivity contribution in [2.75, 3.05) is 11.9 Å². The summed E-state index contributed by atoms with van der Waals surface area (Å²) in [7, 11) is 0. The van der Waals surface area contributed by atoms with E-state index < -0.39 is 0 Å². The van der Waals surface area contributed by atoms with Crippen LogP contribution >= 0.6 is 0 Å². The van der Waals surface area contributed by atoms with Gasteiger partial charge in [0.1, 0.15) is 6.54 Å². The second-order valence-electron chi connectivity index (χ2n) is 6.03. The summed E-state index contributed by atoms with van der Waals surface area (Å²) in [4.78, 5) is 25.9. The van der Waals surface area contributed by atoms with Gasteiger partial charge in [0.05, 0.1) is 11.6 Å². The van der Waals surface area contributed by atoms with E-state index in [1.165, 1.54) is 19.8 Å². The van der Waals surface area contributed by atoms with Crippen molar-refractivity contribution in [3.05, 3.63) is 29.8 Å². The average Bonchev–Trinajstić information content (AvgIpc) is 2.81. The van der Waals surface area contributed by atoms with Crippen molar-refractivity contribution in [2.24, 2.45) is 0 Å². The molecule has 122 valence electrons. The van der Waals surface area contributed by atoms with Crippen molar-refractivity contribution >= 4 is 17.5 Å². The number of rotatable bonds is 4. The summed E-state index contributed by atoms with van der Waals surface area (Å²) in [5.74, 6) is -0.280. The van der Waals surface area contributed by atoms with Crippen LogP contribution in [0.1, 0.15) is 51.0 Å². The lowest BCUT2D eigenvalue weighted by Crippen LogP contribution is -2.43. The highest BCUT2D eigenvalue weighted by Gasteiger charge is 2.24. The Hall–Kier alpha value is -2.35. The van der Waals surface area contributed by atoms with Crippen LogP contribution in [0.25, 0.3) is 0 Å². The van der Waals surface area contributed by atoms with Gasteiger partial charge in [0, 0.05) is 18.7 Å². The number of carbonyl (C=O) groups is 2. The van der Waals surface area contributed by atoms with Gasteiger partial charge in [-0.15, -0.1) is 0 Å². The molecule has 2 amide bonds. The number of benzene rings is 1. The lowest BCUT2D eigenvalue weighted by atomic mass is 10.1. The SMILES string of the molecule is CC(=O)N(CC(=O)Nc1cccc(C#N)c1)C1CCCCCC1. The third-order valence-electron chi connectivity index (χ3n) is 4.26. The van der Waals surface area contributed by atoms with Crippen LogP contribution < -0.4 is 5.32 Å². The number of hydrogen-bond donors (Lipinski definition) is 1. The number of carbonyl (C=O) groups excluding carboxylic acids is 2. The molecular weight excluding hydrogens is 290 g/mol. The second-order valence-corrected chi connectivity index (χ2v) is 6.03. The van der Waals surface area contributed by atoms with Crippen molar-refractivity contribution < 1.29 is 9.59 Å². The van der Waals surface area contributed by atoms with E-state index in [2.05, 4.69) is 5.32 Å². The van der Waals surface area contributed by atoms with Gasteiger partial charge in [-0.1, -0.05) is 31.7 Å². The fourth-order valence-corrected chi connectivity index (χ4v) is 3.09. The molecule has 0 radical (unpaired) electrons. The van der Waals surface area contributed by atoms with Gasteiger partial charge in [0.2, 0.25) is 11.8 Å². The third kappa shape index (κ3) is 5.10. The predicted molar refractivity (Wildman–Crippen MR) is 88.7 cm³/mol. The molecule has 23 heavy (non-hydrogen) atoms. The number of nitrogens with zero attached hydrogens (tertiary/aromatic N) is 2. The minimum atomic E-state index is -0.223. The molecule has 2 rings (SSSR count). The molecule has 5 heteroatoms. The van der Waals surface area contributed by atoms with E-state index in [1.807, 2.05) is 6.07 Å². The number of hydrogen-bond acceptors (Lipinski definition) is 3. The maximum Gasteiger partial charge on any atom is 0.244 e. The molecule has 5 nitrogen and oxygen atoms in total. The molecule has 0 saturated heterocycles. The van der Waals surface area contributed by atoms with E-state index in [1.54, 1.807) is 29.2 Å². The monoisotopic (exact) mass is 313 g/mol. The minimum Gasteiger partial charge on any atom is -0.331 e. The van der Waals surface area contributed by atoms with Crippen molar-refractivity contribution in [1.29, 1.82) is 5.26 Å². The van der Waals surface area contributed by atoms with Crippen molar-refractivity contribution in [3.8, 4) is 6.07 Å². The van der Waals surface area contributed by atoms with Crippen molar-refractivity contribution in [2.45, 2.75) is 51.5 Å². The first-order valence-electron chi connectivity index (χ1n) is 8.17. The van der Waals surface area contributed by atoms with E-state index in [0.717, 1.165) is 25.7 Å². The van der Waals surface area contributed by atoms with Gasteiger partial charge in [-0.3, -0.25) is 9.59 Å². The molecule has 0 aromatic heterocycles. The largest absolute Gasteiger partial charge is 0.331 e. The van der Waals surface area contributed by atoms with Gasteiger partial charge < -0.3 is 10.2 Å². The van der Waals surface area contributed by atoms with Crippen LogP contribution in [0, 0.1) is 11.3 Å². The highest BCUT2D eigenvalue weighted by Crippen LogP contribution is 2.22. The molecular formula is C18H23N3O2. The molecule has 1 fully saturated rings. The average molecular weight is 313 g/mol. The standard InChI is InChI=1S/C18H23N3O2/c1-14(22)21(17-9-4-2-3-5-10-17)13-18(23)20-16-8-6-7-15(11-16)12-19/h6-8,11,17H,2-5,9-10,13H2,1H3,(H,20,23). The maximum absolute atomic E-state index is 12.3. The molecule has 1 aromatic carbocycles. The first-order chi connectivity index (χ1) is 11.1. The Morgan fingerprint density at radius 2 is 1.96 bits per heavy atom. The Morgan fingerprint density at radius 1 is 1.26 bits per heavy atom. The molecule has 0 heterocycles. The highest BCUT2D eigenvalue weighted by atomic mass is 16.2. The Kier molecular flexibility index (Phi) is 6.16. The molecule has 0 aliphatic heterocycles. The van der Waals surface area contributed by atoms with E-state index in [0.29, 0.717) is 11.3 Å². The van der Waals surface area contributed by atoms with Crippen LogP contribution in [-0.2, 0) is 9.59 Å². The zero-order valence-electron chi connectivity index (χ0n) is 13.5. The lowest BCUT2D eigenvalue weighted by molar-refractivity contribution is -0.135. The van der Waals surface area contributed by atoms with E-state index in [9.17, 15) is 9.59 Å². The summed E-state index contributed by atoms with van der Waals surface area (Å²) < 4.78 is 0. The normalized spacial score (nSPS) is 15.3. The number of anilines is 1. The number of nitrogens with one attached hydrogen (secondary N) is 1. The molecule has 0 bridgehead atoms. The zero-order valence-corrected chi connectivity index (χ0v) is 13.5. The topological polar surface area (TPSA) is 73.2 Å². The van der Waals surface area contributed by atoms with Crippen LogP contribution in [0.15, 0.2) is 24.3 Å². The highest BCUT2D eigenvalue weighted by molar-refractivity contribution is 5.94. The molecule has 1 aromatic rings. The molecule has 1 saturated carbocycles. The van der Waals surface area contributed by atoms with E-state index in [4.69, 9.17) is 5.26 Å². The zero-order chi connectivity index (χ0) is 16.7. The first kappa shape index (κ1) is 17.0. The summed E-state index contributed by atoms with van der Waals surface area (Å²) in [5.41, 5.74) is 1.08. The van der Waals surface area contributed by atoms with Gasteiger partial charge >= 0.3 is 0 Å². The molecule has 1 aliphatic rings. The summed E-state index contributed by atoms with van der Waals surface area (Å²) in [6.45, 7) is 1.59. The van der Waals surface area contributed by atoms with E-state index >= 15 is 0 Å². The summed E-state index contributed by atoms with van der Waals surface area (Å²) in [5, 5.41) is 11.7. The van der Waals surface area contributed by atoms with Crippen LogP contribution in [-0.4, -0.2) is 29.3 Å². The predicted octanol–water partition coefficient (Wildman–Crippen LogP) is 3.07. The van der Waals surface area contributed by atoms with Crippen LogP contribution in [0.2, 0.25) is 0 Å². The molecule has 1 N–H and O–H groups in total. The Bertz CT molecular complexity index is 599. The summed E-state index contributed by atoms with van der Waals surface area (Å²) >= 11 is 0. The fourth-order valence-electron chi connectivity index (χ4n) is 3.09. The second kappa shape index (κ2) is 8.33. The lowest BCUT2D eigenvalue weighted by Gasteiger charge is -2.29. The van der Waals surface area contributed by atoms with Crippen molar-refractivity contribution in [3.63, 3.8) is 0 Å². The molecule has 0 spiro atoms. The van der Waals surface area contributed by atoms with E-state index in [-0.39, 0.29) is 24.4 Å². The summed E-state index contributed by atoms with van der Waals surface area (Å²) in [6, 6.07) is 8.97. The molecule has 0 unspecified atom stereocenters. The molecule has 1 aliphatic carbocycles. The van der Waals surface area contributed by atoms with Gasteiger partial charge in [-0.05, 0) is 31.0 Å². The third-order valence-corrected chi connectivity index (χ3v) is 4.26. The smallest absolute Gasteiger partial charge is 0.244 e. The Morgan fingerprint density at radius 3 is 2.57 bits per heavy atom. The van der Waals surface area contributed by atoms with Crippen LogP contribution in [0.3, 0.4) is 0 Å². The summed E-state index contributed by atoms with van der Waals surface area (Å²) in [6.07, 6.45) is 6.57. The van der Waals surface area contributed by atoms with Crippen molar-refractivity contribution in [1.82, 2.24) is 4.90 Å². The van der Waals surface area contributed by atoms with Crippen LogP contribution in [0.5, 0.6) is 0 Å². The number of amides is 2. The van der Waals surface area contributed by atoms with Gasteiger partial charge in [-0.2, -0.15) is 5.26 Å². The maximum atomic E-state index is 12.3. The van der Waals surface area contributed by atoms with Crippen LogP contribution in [0.4, 0.5) is 5.69 Å². The van der Waals surface area contributed by atoms with Gasteiger partial charge in [0.15, 0.2) is 0 Å². The molecule has 0 atom stereocenters. The van der Waals surface area contributed by atoms with Gasteiger partial charge in [0.25, 0.3) is 0 Å². The quantitative estimate of drug-likeness (QED) is 0.868. The first-order valence-corrected chi connectivity index (χ1v) is 8.17. The Balaban J connectivity index is 2.00. The fraction of sp³-hybridized carbons (Fsp3) is 0.500. The number of nitriles is 1. The van der Waals surface area contributed by atoms with Gasteiger partial charge in [-0.25, -0.2) is 0 Å². The minimum absolute atomic E-state index is 0.0576. The Labute approximate surface area is 137 Å².